The zero-order valence-electron chi connectivity index (χ0n) is 10.1. The van der Waals surface area contributed by atoms with Crippen LogP contribution in [-0.2, 0) is 4.79 Å². The topological polar surface area (TPSA) is 58.4 Å². The summed E-state index contributed by atoms with van der Waals surface area (Å²) in [5.74, 6) is 0.103. The second-order valence-corrected chi connectivity index (χ2v) is 4.45. The van der Waals surface area contributed by atoms with E-state index >= 15 is 0 Å². The maximum absolute atomic E-state index is 11.7. The fourth-order valence-electron chi connectivity index (χ4n) is 1.75. The zero-order valence-corrected chi connectivity index (χ0v) is 10.1. The monoisotopic (exact) mass is 233 g/mol. The van der Waals surface area contributed by atoms with Gasteiger partial charge >= 0.3 is 0 Å². The summed E-state index contributed by atoms with van der Waals surface area (Å²) >= 11 is 0. The third-order valence-corrected chi connectivity index (χ3v) is 2.92. The molecule has 1 aliphatic carbocycles. The number of likely N-dealkylation sites (N-methyl/N-ethyl adjacent to an activating group) is 1. The molecule has 0 aromatic heterocycles. The van der Waals surface area contributed by atoms with E-state index in [-0.39, 0.29) is 5.91 Å². The van der Waals surface area contributed by atoms with E-state index in [0.29, 0.717) is 12.6 Å². The van der Waals surface area contributed by atoms with Gasteiger partial charge in [-0.25, -0.2) is 0 Å². The largest absolute Gasteiger partial charge is 0.399 e. The fraction of sp³-hybridized carbons (Fsp3) is 0.462. The second kappa shape index (κ2) is 5.08. The van der Waals surface area contributed by atoms with Gasteiger partial charge in [0.1, 0.15) is 0 Å². The van der Waals surface area contributed by atoms with Crippen LogP contribution in [0.4, 0.5) is 11.4 Å². The fourth-order valence-corrected chi connectivity index (χ4v) is 1.75. The summed E-state index contributed by atoms with van der Waals surface area (Å²) in [6.45, 7) is 3.26. The lowest BCUT2D eigenvalue weighted by molar-refractivity contribution is -0.119. The van der Waals surface area contributed by atoms with Gasteiger partial charge in [-0.15, -0.1) is 0 Å². The average molecular weight is 233 g/mol. The van der Waals surface area contributed by atoms with Crippen molar-refractivity contribution in [3.05, 3.63) is 24.3 Å². The van der Waals surface area contributed by atoms with Crippen molar-refractivity contribution in [3.8, 4) is 0 Å². The van der Waals surface area contributed by atoms with Crippen molar-refractivity contribution >= 4 is 17.3 Å². The average Bonchev–Trinajstić information content (AvgIpc) is 3.11. The summed E-state index contributed by atoms with van der Waals surface area (Å²) in [6.07, 6.45) is 2.25. The van der Waals surface area contributed by atoms with Crippen LogP contribution in [0.5, 0.6) is 0 Å². The molecule has 1 aromatic rings. The summed E-state index contributed by atoms with van der Waals surface area (Å²) < 4.78 is 0. The lowest BCUT2D eigenvalue weighted by atomic mass is 10.2. The van der Waals surface area contributed by atoms with Gasteiger partial charge in [-0.2, -0.15) is 0 Å². The van der Waals surface area contributed by atoms with Crippen LogP contribution in [0.1, 0.15) is 19.8 Å². The third kappa shape index (κ3) is 3.37. The number of hydrogen-bond donors (Lipinski definition) is 2. The first-order valence-corrected chi connectivity index (χ1v) is 6.09. The van der Waals surface area contributed by atoms with Gasteiger partial charge in [-0.3, -0.25) is 4.79 Å². The summed E-state index contributed by atoms with van der Waals surface area (Å²) in [6, 6.07) is 8.03. The van der Waals surface area contributed by atoms with Gasteiger partial charge in [0.15, 0.2) is 0 Å². The van der Waals surface area contributed by atoms with Crippen LogP contribution in [0.25, 0.3) is 0 Å². The molecular formula is C13H19N3O. The molecule has 1 saturated carbocycles. The Morgan fingerprint density at radius 2 is 2.06 bits per heavy atom. The van der Waals surface area contributed by atoms with Gasteiger partial charge in [0, 0.05) is 24.0 Å². The molecule has 4 nitrogen and oxygen atoms in total. The number of hydrogen-bond acceptors (Lipinski definition) is 3. The molecule has 1 fully saturated rings. The lowest BCUT2D eigenvalue weighted by Crippen LogP contribution is -2.38. The number of nitrogens with one attached hydrogen (secondary N) is 1. The van der Waals surface area contributed by atoms with Gasteiger partial charge in [0.25, 0.3) is 0 Å². The maximum atomic E-state index is 11.7. The molecule has 2 rings (SSSR count). The summed E-state index contributed by atoms with van der Waals surface area (Å²) in [7, 11) is 0. The molecule has 0 saturated heterocycles. The van der Waals surface area contributed by atoms with Crippen LogP contribution in [0.2, 0.25) is 0 Å². The number of amides is 1. The number of anilines is 2. The van der Waals surface area contributed by atoms with Crippen molar-refractivity contribution in [1.29, 1.82) is 0 Å². The van der Waals surface area contributed by atoms with Crippen LogP contribution >= 0.6 is 0 Å². The van der Waals surface area contributed by atoms with Gasteiger partial charge in [-0.1, -0.05) is 0 Å². The van der Waals surface area contributed by atoms with Gasteiger partial charge in [-0.05, 0) is 44.0 Å². The van der Waals surface area contributed by atoms with Crippen molar-refractivity contribution in [2.75, 3.05) is 23.7 Å². The molecule has 0 radical (unpaired) electrons. The first-order chi connectivity index (χ1) is 8.19. The van der Waals surface area contributed by atoms with E-state index in [0.717, 1.165) is 30.8 Å². The molecule has 3 N–H and O–H groups in total. The molecule has 0 aliphatic heterocycles. The van der Waals surface area contributed by atoms with E-state index in [1.165, 1.54) is 0 Å². The SMILES string of the molecule is CCN(CC(=O)NC1CC1)c1ccc(N)cc1. The highest BCUT2D eigenvalue weighted by atomic mass is 16.2. The quantitative estimate of drug-likeness (QED) is 0.755. The number of nitrogens with two attached hydrogens (primary N) is 1. The van der Waals surface area contributed by atoms with E-state index in [4.69, 9.17) is 5.73 Å². The molecular weight excluding hydrogens is 214 g/mol. The van der Waals surface area contributed by atoms with Crippen LogP contribution in [0.15, 0.2) is 24.3 Å². The van der Waals surface area contributed by atoms with Gasteiger partial charge < -0.3 is 16.0 Å². The predicted octanol–water partition coefficient (Wildman–Crippen LogP) is 1.37. The van der Waals surface area contributed by atoms with Crippen molar-refractivity contribution in [1.82, 2.24) is 5.32 Å². The van der Waals surface area contributed by atoms with E-state index < -0.39 is 0 Å². The number of rotatable bonds is 5. The van der Waals surface area contributed by atoms with Crippen LogP contribution in [0.3, 0.4) is 0 Å². The van der Waals surface area contributed by atoms with Crippen molar-refractivity contribution in [3.63, 3.8) is 0 Å². The molecule has 4 heteroatoms. The van der Waals surface area contributed by atoms with E-state index in [9.17, 15) is 4.79 Å². The van der Waals surface area contributed by atoms with Gasteiger partial charge in [0.05, 0.1) is 6.54 Å². The number of benzene rings is 1. The summed E-state index contributed by atoms with van der Waals surface area (Å²) in [5.41, 5.74) is 7.42. The van der Waals surface area contributed by atoms with E-state index in [1.54, 1.807) is 0 Å². The Kier molecular flexibility index (Phi) is 3.52. The maximum Gasteiger partial charge on any atom is 0.239 e. The minimum atomic E-state index is 0.103. The predicted molar refractivity (Wildman–Crippen MR) is 69.9 cm³/mol. The molecule has 0 atom stereocenters. The highest BCUT2D eigenvalue weighted by molar-refractivity contribution is 5.82. The van der Waals surface area contributed by atoms with Crippen LogP contribution < -0.4 is 16.0 Å². The second-order valence-electron chi connectivity index (χ2n) is 4.45. The van der Waals surface area contributed by atoms with Crippen molar-refractivity contribution in [2.24, 2.45) is 0 Å². The van der Waals surface area contributed by atoms with E-state index in [1.807, 2.05) is 36.1 Å². The Morgan fingerprint density at radius 1 is 1.41 bits per heavy atom. The highest BCUT2D eigenvalue weighted by Gasteiger charge is 2.23. The Morgan fingerprint density at radius 3 is 2.59 bits per heavy atom. The Bertz CT molecular complexity index is 384. The standard InChI is InChI=1S/C13H19N3O/c1-2-16(9-13(17)15-11-5-6-11)12-7-3-10(14)4-8-12/h3-4,7-8,11H,2,5-6,9,14H2,1H3,(H,15,17). The zero-order chi connectivity index (χ0) is 12.3. The minimum absolute atomic E-state index is 0.103. The smallest absolute Gasteiger partial charge is 0.239 e. The third-order valence-electron chi connectivity index (χ3n) is 2.92. The first kappa shape index (κ1) is 11.8. The number of nitrogen functional groups attached to an aromatic ring is 1. The van der Waals surface area contributed by atoms with Crippen LogP contribution in [-0.4, -0.2) is 25.0 Å². The first-order valence-electron chi connectivity index (χ1n) is 6.09. The van der Waals surface area contributed by atoms with Gasteiger partial charge in [0.2, 0.25) is 5.91 Å². The van der Waals surface area contributed by atoms with Crippen molar-refractivity contribution < 1.29 is 4.79 Å². The lowest BCUT2D eigenvalue weighted by Gasteiger charge is -2.22. The molecule has 17 heavy (non-hydrogen) atoms. The molecule has 1 aromatic carbocycles. The molecule has 0 spiro atoms. The van der Waals surface area contributed by atoms with E-state index in [2.05, 4.69) is 5.32 Å². The molecule has 0 unspecified atom stereocenters. The number of carbonyl (C=O) groups excluding carboxylic acids is 1. The Labute approximate surface area is 102 Å². The molecule has 0 bridgehead atoms. The molecule has 1 aliphatic rings. The Balaban J connectivity index is 1.94. The van der Waals surface area contributed by atoms with Crippen molar-refractivity contribution in [2.45, 2.75) is 25.8 Å². The molecule has 0 heterocycles. The molecule has 1 amide bonds. The summed E-state index contributed by atoms with van der Waals surface area (Å²) in [4.78, 5) is 13.8. The highest BCUT2D eigenvalue weighted by Crippen LogP contribution is 2.19. The Hall–Kier alpha value is -1.71. The number of carbonyl (C=O) groups is 1. The number of nitrogens with zero attached hydrogens (tertiary/aromatic N) is 1. The molecule has 92 valence electrons. The summed E-state index contributed by atoms with van der Waals surface area (Å²) in [5, 5.41) is 2.99. The normalized spacial score (nSPS) is 14.4. The van der Waals surface area contributed by atoms with Crippen LogP contribution in [0, 0.1) is 0 Å². The minimum Gasteiger partial charge on any atom is -0.399 e.